The predicted octanol–water partition coefficient (Wildman–Crippen LogP) is 3.60. The summed E-state index contributed by atoms with van der Waals surface area (Å²) in [6.07, 6.45) is 1.64. The predicted molar refractivity (Wildman–Crippen MR) is 103 cm³/mol. The highest BCUT2D eigenvalue weighted by Gasteiger charge is 2.26. The molecule has 0 heterocycles. The molecule has 7 nitrogen and oxygen atoms in total. The number of nitrogens with zero attached hydrogens (tertiary/aromatic N) is 2. The molecule has 0 aliphatic heterocycles. The van der Waals surface area contributed by atoms with Gasteiger partial charge in [-0.05, 0) is 42.7 Å². The number of non-ortho nitro benzene ring substituents is 1. The van der Waals surface area contributed by atoms with E-state index in [4.69, 9.17) is 4.74 Å². The highest BCUT2D eigenvalue weighted by Crippen LogP contribution is 2.28. The first-order valence-corrected chi connectivity index (χ1v) is 9.65. The summed E-state index contributed by atoms with van der Waals surface area (Å²) in [4.78, 5) is 10.4. The Kier molecular flexibility index (Phi) is 6.35. The average Bonchev–Trinajstić information content (AvgIpc) is 2.62. The van der Waals surface area contributed by atoms with Gasteiger partial charge in [0.2, 0.25) is 10.0 Å². The van der Waals surface area contributed by atoms with E-state index in [1.54, 1.807) is 44.2 Å². The molecule has 144 valence electrons. The second-order valence-corrected chi connectivity index (χ2v) is 8.16. The second-order valence-electron chi connectivity index (χ2n) is 6.15. The number of nitro benzene ring substituents is 1. The third-order valence-corrected chi connectivity index (χ3v) is 6.13. The lowest BCUT2D eigenvalue weighted by Gasteiger charge is -2.19. The number of sulfonamides is 1. The quantitative estimate of drug-likeness (QED) is 0.390. The van der Waals surface area contributed by atoms with Crippen molar-refractivity contribution in [2.24, 2.45) is 0 Å². The molecule has 8 heteroatoms. The molecule has 0 radical (unpaired) electrons. The lowest BCUT2D eigenvalue weighted by atomic mass is 10.1. The Morgan fingerprint density at radius 3 is 2.41 bits per heavy atom. The third kappa shape index (κ3) is 4.72. The average molecular weight is 390 g/mol. The molecule has 0 fully saturated rings. The molecule has 0 saturated carbocycles. The number of aryl methyl sites for hydroxylation is 1. The molecule has 0 spiro atoms. The first kappa shape index (κ1) is 20.6. The summed E-state index contributed by atoms with van der Waals surface area (Å²) in [5.41, 5.74) is 1.58. The summed E-state index contributed by atoms with van der Waals surface area (Å²) in [5.74, 6) is 0.661. The Morgan fingerprint density at radius 1 is 1.22 bits per heavy atom. The maximum Gasteiger partial charge on any atom is 0.271 e. The van der Waals surface area contributed by atoms with Crippen molar-refractivity contribution >= 4 is 15.7 Å². The monoisotopic (exact) mass is 390 g/mol. The van der Waals surface area contributed by atoms with Crippen LogP contribution in [-0.2, 0) is 16.6 Å². The zero-order valence-electron chi connectivity index (χ0n) is 15.5. The summed E-state index contributed by atoms with van der Waals surface area (Å²) in [6.45, 7) is 7.40. The molecule has 0 amide bonds. The van der Waals surface area contributed by atoms with Gasteiger partial charge in [-0.25, -0.2) is 8.42 Å². The van der Waals surface area contributed by atoms with Gasteiger partial charge >= 0.3 is 0 Å². The van der Waals surface area contributed by atoms with Gasteiger partial charge in [-0.2, -0.15) is 4.31 Å². The fourth-order valence-electron chi connectivity index (χ4n) is 2.54. The highest BCUT2D eigenvalue weighted by atomic mass is 32.2. The van der Waals surface area contributed by atoms with Crippen molar-refractivity contribution in [3.63, 3.8) is 0 Å². The topological polar surface area (TPSA) is 89.8 Å². The number of hydrogen-bond acceptors (Lipinski definition) is 5. The Hall–Kier alpha value is -2.71. The summed E-state index contributed by atoms with van der Waals surface area (Å²) in [7, 11) is -2.44. The van der Waals surface area contributed by atoms with E-state index in [-0.39, 0.29) is 17.1 Å². The van der Waals surface area contributed by atoms with Crippen LogP contribution < -0.4 is 4.74 Å². The summed E-state index contributed by atoms with van der Waals surface area (Å²) in [6, 6.07) is 9.53. The molecule has 0 bridgehead atoms. The van der Waals surface area contributed by atoms with Crippen molar-refractivity contribution in [3.8, 4) is 5.75 Å². The number of hydrogen-bond donors (Lipinski definition) is 0. The van der Waals surface area contributed by atoms with Gasteiger partial charge in [-0.15, -0.1) is 0 Å². The molecular formula is C19H22N2O5S. The Balaban J connectivity index is 2.28. The Labute approximate surface area is 159 Å². The highest BCUT2D eigenvalue weighted by molar-refractivity contribution is 7.89. The van der Waals surface area contributed by atoms with Gasteiger partial charge in [-0.3, -0.25) is 10.1 Å². The van der Waals surface area contributed by atoms with Gasteiger partial charge in [0.1, 0.15) is 12.4 Å². The molecule has 0 saturated heterocycles. The van der Waals surface area contributed by atoms with Crippen molar-refractivity contribution in [1.82, 2.24) is 4.31 Å². The maximum absolute atomic E-state index is 13.0. The SMILES string of the molecule is C=CCOc1ccc(CN(C)S(=O)(=O)c2cc([N+](=O)[O-])cc(C)c2C)cc1. The zero-order chi connectivity index (χ0) is 20.2. The summed E-state index contributed by atoms with van der Waals surface area (Å²) < 4.78 is 32.5. The normalized spacial score (nSPS) is 11.4. The number of benzene rings is 2. The van der Waals surface area contributed by atoms with Gasteiger partial charge in [0, 0.05) is 25.7 Å². The fourth-order valence-corrected chi connectivity index (χ4v) is 4.01. The van der Waals surface area contributed by atoms with E-state index in [9.17, 15) is 18.5 Å². The van der Waals surface area contributed by atoms with Gasteiger partial charge in [0.15, 0.2) is 0 Å². The number of nitro groups is 1. The molecule has 27 heavy (non-hydrogen) atoms. The molecule has 2 aromatic rings. The Morgan fingerprint density at radius 2 is 1.85 bits per heavy atom. The van der Waals surface area contributed by atoms with Gasteiger partial charge in [0.25, 0.3) is 5.69 Å². The fraction of sp³-hybridized carbons (Fsp3) is 0.263. The van der Waals surface area contributed by atoms with Crippen LogP contribution in [0.2, 0.25) is 0 Å². The van der Waals surface area contributed by atoms with Crippen LogP contribution in [-0.4, -0.2) is 31.3 Å². The van der Waals surface area contributed by atoms with Gasteiger partial charge in [-0.1, -0.05) is 24.8 Å². The third-order valence-electron chi connectivity index (χ3n) is 4.20. The smallest absolute Gasteiger partial charge is 0.271 e. The van der Waals surface area contributed by atoms with Crippen molar-refractivity contribution in [1.29, 1.82) is 0 Å². The van der Waals surface area contributed by atoms with E-state index < -0.39 is 14.9 Å². The lowest BCUT2D eigenvalue weighted by molar-refractivity contribution is -0.385. The van der Waals surface area contributed by atoms with Crippen LogP contribution in [0.5, 0.6) is 5.75 Å². The van der Waals surface area contributed by atoms with E-state index in [0.29, 0.717) is 23.5 Å². The molecule has 0 aliphatic rings. The van der Waals surface area contributed by atoms with E-state index in [1.807, 2.05) is 0 Å². The molecule has 0 N–H and O–H groups in total. The molecule has 2 aromatic carbocycles. The zero-order valence-corrected chi connectivity index (χ0v) is 16.3. The van der Waals surface area contributed by atoms with Gasteiger partial charge < -0.3 is 4.74 Å². The van der Waals surface area contributed by atoms with Crippen molar-refractivity contribution in [2.45, 2.75) is 25.3 Å². The van der Waals surface area contributed by atoms with Crippen LogP contribution in [0.4, 0.5) is 5.69 Å². The van der Waals surface area contributed by atoms with E-state index in [2.05, 4.69) is 6.58 Å². The lowest BCUT2D eigenvalue weighted by Crippen LogP contribution is -2.27. The second kappa shape index (κ2) is 8.32. The van der Waals surface area contributed by atoms with Crippen LogP contribution in [0.3, 0.4) is 0 Å². The van der Waals surface area contributed by atoms with Crippen LogP contribution in [0.25, 0.3) is 0 Å². The van der Waals surface area contributed by atoms with Crippen LogP contribution in [0.15, 0.2) is 53.9 Å². The van der Waals surface area contributed by atoms with Crippen molar-refractivity contribution in [2.75, 3.05) is 13.7 Å². The van der Waals surface area contributed by atoms with Crippen LogP contribution >= 0.6 is 0 Å². The maximum atomic E-state index is 13.0. The molecular weight excluding hydrogens is 368 g/mol. The first-order chi connectivity index (χ1) is 12.7. The van der Waals surface area contributed by atoms with Crippen LogP contribution in [0.1, 0.15) is 16.7 Å². The molecule has 0 atom stereocenters. The minimum absolute atomic E-state index is 0.0531. The largest absolute Gasteiger partial charge is 0.490 e. The standard InChI is InChI=1S/C19H22N2O5S/c1-5-10-26-18-8-6-16(7-9-18)13-20(4)27(24,25)19-12-17(21(22)23)11-14(2)15(19)3/h5-9,11-12H,1,10,13H2,2-4H3. The van der Waals surface area contributed by atoms with E-state index in [0.717, 1.165) is 11.6 Å². The summed E-state index contributed by atoms with van der Waals surface area (Å²) in [5, 5.41) is 11.1. The molecule has 0 unspecified atom stereocenters. The number of ether oxygens (including phenoxy) is 1. The molecule has 0 aromatic heterocycles. The Bertz CT molecular complexity index is 953. The van der Waals surface area contributed by atoms with Crippen LogP contribution in [0, 0.1) is 24.0 Å². The minimum Gasteiger partial charge on any atom is -0.490 e. The first-order valence-electron chi connectivity index (χ1n) is 8.21. The molecule has 0 aliphatic carbocycles. The van der Waals surface area contributed by atoms with Crippen molar-refractivity contribution < 1.29 is 18.1 Å². The van der Waals surface area contributed by atoms with E-state index in [1.165, 1.54) is 17.4 Å². The minimum atomic E-state index is -3.89. The van der Waals surface area contributed by atoms with Gasteiger partial charge in [0.05, 0.1) is 9.82 Å². The molecule has 2 rings (SSSR count). The van der Waals surface area contributed by atoms with Crippen molar-refractivity contribution in [3.05, 3.63) is 75.9 Å². The number of rotatable bonds is 8. The van der Waals surface area contributed by atoms with E-state index >= 15 is 0 Å². The summed E-state index contributed by atoms with van der Waals surface area (Å²) >= 11 is 0.